The summed E-state index contributed by atoms with van der Waals surface area (Å²) in [6.45, 7) is 4.59. The van der Waals surface area contributed by atoms with Crippen molar-refractivity contribution in [2.75, 3.05) is 26.2 Å². The highest BCUT2D eigenvalue weighted by Crippen LogP contribution is 2.17. The highest BCUT2D eigenvalue weighted by Gasteiger charge is 2.22. The lowest BCUT2D eigenvalue weighted by Gasteiger charge is -2.34. The van der Waals surface area contributed by atoms with Gasteiger partial charge in [0, 0.05) is 43.0 Å². The Bertz CT molecular complexity index is 920. The van der Waals surface area contributed by atoms with Crippen LogP contribution in [0.1, 0.15) is 15.6 Å². The molecule has 0 aliphatic carbocycles. The second-order valence-electron chi connectivity index (χ2n) is 6.89. The Morgan fingerprint density at radius 1 is 1.10 bits per heavy atom. The van der Waals surface area contributed by atoms with Gasteiger partial charge in [0.25, 0.3) is 0 Å². The molecule has 0 atom stereocenters. The Hall–Kier alpha value is -2.29. The SMILES string of the molecule is O=C(Cc1csc(COc2ccc(F)cc2)n1)N1CCN(Cc2cccs2)CC1. The second kappa shape index (κ2) is 9.47. The summed E-state index contributed by atoms with van der Waals surface area (Å²) >= 11 is 3.25. The molecule has 0 N–H and O–H groups in total. The van der Waals surface area contributed by atoms with Gasteiger partial charge in [0.15, 0.2) is 0 Å². The first-order valence-electron chi connectivity index (χ1n) is 9.50. The Balaban J connectivity index is 1.22. The average molecular weight is 432 g/mol. The molecule has 1 fully saturated rings. The van der Waals surface area contributed by atoms with Gasteiger partial charge in [0.2, 0.25) is 5.91 Å². The zero-order valence-electron chi connectivity index (χ0n) is 15.9. The molecule has 1 aromatic carbocycles. The van der Waals surface area contributed by atoms with Gasteiger partial charge in [-0.3, -0.25) is 9.69 Å². The molecule has 1 amide bonds. The summed E-state index contributed by atoms with van der Waals surface area (Å²) in [4.78, 5) is 22.8. The maximum atomic E-state index is 12.9. The fraction of sp³-hybridized carbons (Fsp3) is 0.333. The molecule has 1 aliphatic rings. The van der Waals surface area contributed by atoms with Crippen LogP contribution in [-0.4, -0.2) is 46.9 Å². The number of ether oxygens (including phenoxy) is 1. The largest absolute Gasteiger partial charge is 0.486 e. The molecule has 8 heteroatoms. The first kappa shape index (κ1) is 20.0. The number of carbonyl (C=O) groups excluding carboxylic acids is 1. The quantitative estimate of drug-likeness (QED) is 0.571. The molecule has 152 valence electrons. The predicted molar refractivity (Wildman–Crippen MR) is 113 cm³/mol. The Morgan fingerprint density at radius 2 is 1.90 bits per heavy atom. The molecule has 2 aromatic heterocycles. The van der Waals surface area contributed by atoms with Crippen molar-refractivity contribution in [3.05, 3.63) is 68.6 Å². The van der Waals surface area contributed by atoms with E-state index >= 15 is 0 Å². The lowest BCUT2D eigenvalue weighted by atomic mass is 10.2. The molecule has 3 heterocycles. The first-order chi connectivity index (χ1) is 14.2. The summed E-state index contributed by atoms with van der Waals surface area (Å²) in [7, 11) is 0. The summed E-state index contributed by atoms with van der Waals surface area (Å²) in [6, 6.07) is 10.1. The number of aromatic nitrogens is 1. The first-order valence-corrected chi connectivity index (χ1v) is 11.3. The van der Waals surface area contributed by atoms with Crippen LogP contribution >= 0.6 is 22.7 Å². The molecule has 4 rings (SSSR count). The lowest BCUT2D eigenvalue weighted by Crippen LogP contribution is -2.48. The van der Waals surface area contributed by atoms with Gasteiger partial charge in [-0.15, -0.1) is 22.7 Å². The van der Waals surface area contributed by atoms with E-state index in [0.29, 0.717) is 18.8 Å². The number of amides is 1. The van der Waals surface area contributed by atoms with E-state index in [4.69, 9.17) is 4.74 Å². The Labute approximate surface area is 177 Å². The van der Waals surface area contributed by atoms with Crippen LogP contribution in [0.5, 0.6) is 5.75 Å². The van der Waals surface area contributed by atoms with Gasteiger partial charge in [0.05, 0.1) is 12.1 Å². The normalized spacial score (nSPS) is 14.9. The minimum absolute atomic E-state index is 0.122. The average Bonchev–Trinajstić information content (AvgIpc) is 3.40. The summed E-state index contributed by atoms with van der Waals surface area (Å²) in [6.07, 6.45) is 0.317. The molecular weight excluding hydrogens is 409 g/mol. The number of hydrogen-bond acceptors (Lipinski definition) is 6. The smallest absolute Gasteiger partial charge is 0.228 e. The van der Waals surface area contributed by atoms with Gasteiger partial charge >= 0.3 is 0 Å². The Morgan fingerprint density at radius 3 is 2.62 bits per heavy atom. The van der Waals surface area contributed by atoms with E-state index in [-0.39, 0.29) is 11.7 Å². The molecular formula is C21H22FN3O2S2. The van der Waals surface area contributed by atoms with Gasteiger partial charge in [0.1, 0.15) is 23.2 Å². The molecule has 0 bridgehead atoms. The predicted octanol–water partition coefficient (Wildman–Crippen LogP) is 3.81. The van der Waals surface area contributed by atoms with Crippen molar-refractivity contribution in [3.8, 4) is 5.75 Å². The molecule has 0 spiro atoms. The van der Waals surface area contributed by atoms with Gasteiger partial charge in [-0.05, 0) is 35.7 Å². The minimum atomic E-state index is -0.292. The van der Waals surface area contributed by atoms with E-state index in [2.05, 4.69) is 27.4 Å². The molecule has 1 aliphatic heterocycles. The van der Waals surface area contributed by atoms with E-state index in [1.807, 2.05) is 10.3 Å². The van der Waals surface area contributed by atoms with Crippen LogP contribution in [0, 0.1) is 5.82 Å². The minimum Gasteiger partial charge on any atom is -0.486 e. The van der Waals surface area contributed by atoms with Crippen LogP contribution in [-0.2, 0) is 24.4 Å². The second-order valence-corrected chi connectivity index (χ2v) is 8.86. The number of piperazine rings is 1. The zero-order chi connectivity index (χ0) is 20.1. The highest BCUT2D eigenvalue weighted by atomic mass is 32.1. The molecule has 0 saturated carbocycles. The number of benzene rings is 1. The number of thiophene rings is 1. The van der Waals surface area contributed by atoms with Crippen molar-refractivity contribution >= 4 is 28.6 Å². The van der Waals surface area contributed by atoms with Gasteiger partial charge in [-0.2, -0.15) is 0 Å². The molecule has 29 heavy (non-hydrogen) atoms. The monoisotopic (exact) mass is 431 g/mol. The van der Waals surface area contributed by atoms with Crippen LogP contribution in [0.25, 0.3) is 0 Å². The van der Waals surface area contributed by atoms with Crippen molar-refractivity contribution in [1.29, 1.82) is 0 Å². The maximum Gasteiger partial charge on any atom is 0.228 e. The number of nitrogens with zero attached hydrogens (tertiary/aromatic N) is 3. The fourth-order valence-electron chi connectivity index (χ4n) is 3.22. The third-order valence-corrected chi connectivity index (χ3v) is 6.52. The van der Waals surface area contributed by atoms with Crippen LogP contribution < -0.4 is 4.74 Å². The molecule has 0 unspecified atom stereocenters. The summed E-state index contributed by atoms with van der Waals surface area (Å²) in [5, 5.41) is 4.81. The number of hydrogen-bond donors (Lipinski definition) is 0. The number of halogens is 1. The van der Waals surface area contributed by atoms with Gasteiger partial charge in [-0.25, -0.2) is 9.37 Å². The molecule has 3 aromatic rings. The summed E-state index contributed by atoms with van der Waals surface area (Å²) in [5.41, 5.74) is 0.777. The van der Waals surface area contributed by atoms with Crippen molar-refractivity contribution in [2.45, 2.75) is 19.6 Å². The van der Waals surface area contributed by atoms with Crippen LogP contribution in [0.2, 0.25) is 0 Å². The standard InChI is InChI=1S/C21H22FN3O2S2/c22-16-3-5-18(6-4-16)27-14-20-23-17(15-29-20)12-21(26)25-9-7-24(8-10-25)13-19-2-1-11-28-19/h1-6,11,15H,7-10,12-14H2. The maximum absolute atomic E-state index is 12.9. The van der Waals surface area contributed by atoms with E-state index in [0.717, 1.165) is 43.4 Å². The van der Waals surface area contributed by atoms with Crippen LogP contribution in [0.4, 0.5) is 4.39 Å². The molecule has 5 nitrogen and oxygen atoms in total. The fourth-order valence-corrected chi connectivity index (χ4v) is 4.67. The number of carbonyl (C=O) groups is 1. The number of thiazole rings is 1. The molecule has 0 radical (unpaired) electrons. The molecule has 1 saturated heterocycles. The summed E-state index contributed by atoms with van der Waals surface area (Å²) < 4.78 is 18.5. The topological polar surface area (TPSA) is 45.7 Å². The lowest BCUT2D eigenvalue weighted by molar-refractivity contribution is -0.132. The highest BCUT2D eigenvalue weighted by molar-refractivity contribution is 7.10. The zero-order valence-corrected chi connectivity index (χ0v) is 17.6. The van der Waals surface area contributed by atoms with Crippen LogP contribution in [0.3, 0.4) is 0 Å². The van der Waals surface area contributed by atoms with Crippen molar-refractivity contribution in [3.63, 3.8) is 0 Å². The third-order valence-electron chi connectivity index (χ3n) is 4.79. The van der Waals surface area contributed by atoms with Crippen molar-refractivity contribution in [2.24, 2.45) is 0 Å². The van der Waals surface area contributed by atoms with Gasteiger partial charge < -0.3 is 9.64 Å². The summed E-state index contributed by atoms with van der Waals surface area (Å²) in [5.74, 6) is 0.427. The van der Waals surface area contributed by atoms with E-state index in [1.165, 1.54) is 28.3 Å². The third kappa shape index (κ3) is 5.62. The van der Waals surface area contributed by atoms with Crippen molar-refractivity contribution < 1.29 is 13.9 Å². The van der Waals surface area contributed by atoms with E-state index < -0.39 is 0 Å². The van der Waals surface area contributed by atoms with Crippen LogP contribution in [0.15, 0.2) is 47.2 Å². The number of rotatable bonds is 7. The van der Waals surface area contributed by atoms with Gasteiger partial charge in [-0.1, -0.05) is 6.07 Å². The Kier molecular flexibility index (Phi) is 6.53. The van der Waals surface area contributed by atoms with E-state index in [1.54, 1.807) is 23.5 Å². The van der Waals surface area contributed by atoms with E-state index in [9.17, 15) is 9.18 Å². The van der Waals surface area contributed by atoms with Crippen molar-refractivity contribution in [1.82, 2.24) is 14.8 Å².